The number of piperidine rings is 1. The SMILES string of the molecule is [N-]=[N+]=NCCCCCN1C(=O)c2cccc3c(N4CCCCC4)ccc(c23)C1=O. The fraction of sp³-hybridized carbons (Fsp3) is 0.455. The number of hydrogen-bond donors (Lipinski definition) is 0. The molecule has 0 spiro atoms. The molecule has 2 aliphatic heterocycles. The van der Waals surface area contributed by atoms with Crippen molar-refractivity contribution in [3.05, 3.63) is 51.9 Å². The lowest BCUT2D eigenvalue weighted by Crippen LogP contribution is -2.41. The zero-order valence-corrected chi connectivity index (χ0v) is 16.5. The van der Waals surface area contributed by atoms with Gasteiger partial charge in [-0.05, 0) is 55.8 Å². The van der Waals surface area contributed by atoms with Crippen LogP contribution in [-0.2, 0) is 0 Å². The number of anilines is 1. The molecule has 0 saturated carbocycles. The lowest BCUT2D eigenvalue weighted by molar-refractivity contribution is 0.0608. The maximum absolute atomic E-state index is 13.1. The summed E-state index contributed by atoms with van der Waals surface area (Å²) < 4.78 is 0. The molecule has 2 amide bonds. The van der Waals surface area contributed by atoms with Crippen molar-refractivity contribution >= 4 is 28.3 Å². The quantitative estimate of drug-likeness (QED) is 0.221. The fourth-order valence-electron chi connectivity index (χ4n) is 4.42. The molecule has 2 aromatic rings. The van der Waals surface area contributed by atoms with Gasteiger partial charge in [-0.2, -0.15) is 0 Å². The molecule has 2 aliphatic rings. The average molecular weight is 391 g/mol. The van der Waals surface area contributed by atoms with Crippen molar-refractivity contribution in [3.63, 3.8) is 0 Å². The summed E-state index contributed by atoms with van der Waals surface area (Å²) in [5, 5.41) is 5.31. The Hall–Kier alpha value is -3.05. The molecule has 0 N–H and O–H groups in total. The van der Waals surface area contributed by atoms with Crippen molar-refractivity contribution in [2.45, 2.75) is 38.5 Å². The third kappa shape index (κ3) is 3.66. The first-order valence-corrected chi connectivity index (χ1v) is 10.4. The first-order valence-electron chi connectivity index (χ1n) is 10.4. The van der Waals surface area contributed by atoms with Gasteiger partial charge in [-0.3, -0.25) is 14.5 Å². The minimum Gasteiger partial charge on any atom is -0.371 e. The lowest BCUT2D eigenvalue weighted by Gasteiger charge is -2.32. The maximum Gasteiger partial charge on any atom is 0.261 e. The van der Waals surface area contributed by atoms with E-state index in [-0.39, 0.29) is 11.8 Å². The summed E-state index contributed by atoms with van der Waals surface area (Å²) in [7, 11) is 0. The van der Waals surface area contributed by atoms with Crippen LogP contribution in [-0.4, -0.2) is 42.9 Å². The van der Waals surface area contributed by atoms with Crippen LogP contribution in [0.5, 0.6) is 0 Å². The molecular weight excluding hydrogens is 366 g/mol. The van der Waals surface area contributed by atoms with Gasteiger partial charge in [0, 0.05) is 58.7 Å². The second-order valence-corrected chi connectivity index (χ2v) is 7.69. The molecule has 0 aromatic heterocycles. The average Bonchev–Trinajstić information content (AvgIpc) is 2.76. The standard InChI is InChI=1S/C22H25N5O2/c23-25-24-12-3-1-6-15-27-21(28)17-9-7-8-16-19(26-13-4-2-5-14-26)11-10-18(20(16)17)22(27)29/h7-11H,1-6,12-15H2. The van der Waals surface area contributed by atoms with E-state index in [1.807, 2.05) is 30.3 Å². The number of rotatable bonds is 7. The van der Waals surface area contributed by atoms with Gasteiger partial charge in [0.25, 0.3) is 11.8 Å². The van der Waals surface area contributed by atoms with Crippen LogP contribution in [0.2, 0.25) is 0 Å². The van der Waals surface area contributed by atoms with Gasteiger partial charge in [-0.25, -0.2) is 0 Å². The van der Waals surface area contributed by atoms with E-state index in [2.05, 4.69) is 14.9 Å². The number of nitrogens with zero attached hydrogens (tertiary/aromatic N) is 5. The summed E-state index contributed by atoms with van der Waals surface area (Å²) in [6.45, 7) is 2.86. The molecule has 0 aliphatic carbocycles. The van der Waals surface area contributed by atoms with E-state index >= 15 is 0 Å². The van der Waals surface area contributed by atoms with Crippen molar-refractivity contribution < 1.29 is 9.59 Å². The van der Waals surface area contributed by atoms with Crippen molar-refractivity contribution in [3.8, 4) is 0 Å². The van der Waals surface area contributed by atoms with Crippen LogP contribution in [0.15, 0.2) is 35.4 Å². The Morgan fingerprint density at radius 3 is 2.45 bits per heavy atom. The van der Waals surface area contributed by atoms with Crippen molar-refractivity contribution in [2.75, 3.05) is 31.1 Å². The minimum atomic E-state index is -0.209. The van der Waals surface area contributed by atoms with Crippen LogP contribution in [0.4, 0.5) is 5.69 Å². The molecule has 7 heteroatoms. The van der Waals surface area contributed by atoms with E-state index in [0.717, 1.165) is 42.4 Å². The Bertz CT molecular complexity index is 968. The van der Waals surface area contributed by atoms with E-state index < -0.39 is 0 Å². The number of carbonyl (C=O) groups excluding carboxylic acids is 2. The topological polar surface area (TPSA) is 89.4 Å². The summed E-state index contributed by atoms with van der Waals surface area (Å²) in [6.07, 6.45) is 5.87. The normalized spacial score (nSPS) is 16.3. The van der Waals surface area contributed by atoms with E-state index in [1.165, 1.54) is 24.2 Å². The van der Waals surface area contributed by atoms with Crippen molar-refractivity contribution in [2.24, 2.45) is 5.11 Å². The monoisotopic (exact) mass is 391 g/mol. The van der Waals surface area contributed by atoms with Crippen LogP contribution in [0.3, 0.4) is 0 Å². The highest BCUT2D eigenvalue weighted by Gasteiger charge is 2.33. The van der Waals surface area contributed by atoms with E-state index in [4.69, 9.17) is 5.53 Å². The summed E-state index contributed by atoms with van der Waals surface area (Å²) in [5.74, 6) is -0.419. The molecule has 0 unspecified atom stereocenters. The molecule has 4 rings (SSSR count). The predicted molar refractivity (Wildman–Crippen MR) is 113 cm³/mol. The number of amides is 2. The molecule has 0 radical (unpaired) electrons. The molecule has 2 aromatic carbocycles. The number of benzene rings is 2. The Balaban J connectivity index is 1.61. The van der Waals surface area contributed by atoms with Crippen molar-refractivity contribution in [1.29, 1.82) is 0 Å². The Morgan fingerprint density at radius 1 is 0.931 bits per heavy atom. The molecular formula is C22H25N5O2. The van der Waals surface area contributed by atoms with Gasteiger partial charge in [-0.1, -0.05) is 23.7 Å². The highest BCUT2D eigenvalue weighted by molar-refractivity contribution is 6.26. The molecule has 7 nitrogen and oxygen atoms in total. The molecule has 0 bridgehead atoms. The van der Waals surface area contributed by atoms with Crippen LogP contribution in [0, 0.1) is 0 Å². The highest BCUT2D eigenvalue weighted by Crippen LogP contribution is 2.36. The van der Waals surface area contributed by atoms with E-state index in [1.54, 1.807) is 0 Å². The van der Waals surface area contributed by atoms with Crippen molar-refractivity contribution in [1.82, 2.24) is 4.90 Å². The van der Waals surface area contributed by atoms with Crippen LogP contribution >= 0.6 is 0 Å². The zero-order chi connectivity index (χ0) is 20.2. The summed E-state index contributed by atoms with van der Waals surface area (Å²) >= 11 is 0. The molecule has 0 atom stereocenters. The van der Waals surface area contributed by atoms with Gasteiger partial charge in [0.05, 0.1) is 0 Å². The predicted octanol–water partition coefficient (Wildman–Crippen LogP) is 4.91. The third-order valence-electron chi connectivity index (χ3n) is 5.87. The Labute approximate surface area is 169 Å². The van der Waals surface area contributed by atoms with Gasteiger partial charge >= 0.3 is 0 Å². The first kappa shape index (κ1) is 19.3. The smallest absolute Gasteiger partial charge is 0.261 e. The number of hydrogen-bond acceptors (Lipinski definition) is 4. The van der Waals surface area contributed by atoms with Gasteiger partial charge in [0.1, 0.15) is 0 Å². The van der Waals surface area contributed by atoms with Crippen LogP contribution in [0.1, 0.15) is 59.2 Å². The summed E-state index contributed by atoms with van der Waals surface area (Å²) in [6, 6.07) is 9.70. The number of carbonyl (C=O) groups is 2. The van der Waals surface area contributed by atoms with Gasteiger partial charge in [-0.15, -0.1) is 0 Å². The second kappa shape index (κ2) is 8.53. The Kier molecular flexibility index (Phi) is 5.67. The van der Waals surface area contributed by atoms with Gasteiger partial charge < -0.3 is 4.90 Å². The van der Waals surface area contributed by atoms with Gasteiger partial charge in [0.15, 0.2) is 0 Å². The zero-order valence-electron chi connectivity index (χ0n) is 16.5. The van der Waals surface area contributed by atoms with E-state index in [9.17, 15) is 9.59 Å². The van der Waals surface area contributed by atoms with Gasteiger partial charge in [0.2, 0.25) is 0 Å². The molecule has 29 heavy (non-hydrogen) atoms. The largest absolute Gasteiger partial charge is 0.371 e. The van der Waals surface area contributed by atoms with E-state index in [0.29, 0.717) is 30.6 Å². The summed E-state index contributed by atoms with van der Waals surface area (Å²) in [5.41, 5.74) is 10.7. The molecule has 1 saturated heterocycles. The fourth-order valence-corrected chi connectivity index (χ4v) is 4.42. The molecule has 150 valence electrons. The highest BCUT2D eigenvalue weighted by atomic mass is 16.2. The molecule has 2 heterocycles. The summed E-state index contributed by atoms with van der Waals surface area (Å²) in [4.78, 5) is 32.7. The first-order chi connectivity index (χ1) is 14.2. The molecule has 1 fully saturated rings. The lowest BCUT2D eigenvalue weighted by atomic mass is 9.92. The number of unbranched alkanes of at least 4 members (excludes halogenated alkanes) is 2. The van der Waals surface area contributed by atoms with Crippen LogP contribution < -0.4 is 4.90 Å². The number of azide groups is 1. The Morgan fingerprint density at radius 2 is 1.69 bits per heavy atom. The second-order valence-electron chi connectivity index (χ2n) is 7.69. The number of imide groups is 1. The van der Waals surface area contributed by atoms with Crippen LogP contribution in [0.25, 0.3) is 21.2 Å². The third-order valence-corrected chi connectivity index (χ3v) is 5.87. The minimum absolute atomic E-state index is 0.209. The maximum atomic E-state index is 13.1.